The molecule has 94 valence electrons. The summed E-state index contributed by atoms with van der Waals surface area (Å²) in [5.74, 6) is 0.134. The smallest absolute Gasteiger partial charge is 0.171 e. The van der Waals surface area contributed by atoms with Crippen molar-refractivity contribution in [3.05, 3.63) is 28.2 Å². The van der Waals surface area contributed by atoms with Gasteiger partial charge in [0.05, 0.1) is 16.9 Å². The molecular weight excluding hydrogens is 272 g/mol. The number of allylic oxidation sites excluding steroid dienone is 1. The summed E-state index contributed by atoms with van der Waals surface area (Å²) >= 11 is 11.2. The van der Waals surface area contributed by atoms with Crippen molar-refractivity contribution < 1.29 is 4.79 Å². The summed E-state index contributed by atoms with van der Waals surface area (Å²) in [6.45, 7) is 0. The number of carbonyl (C=O) groups is 1. The highest BCUT2D eigenvalue weighted by Crippen LogP contribution is 2.34. The Labute approximate surface area is 114 Å². The highest BCUT2D eigenvalue weighted by molar-refractivity contribution is 7.80. The molecule has 1 aliphatic heterocycles. The van der Waals surface area contributed by atoms with Crippen LogP contribution in [0.4, 0.5) is 0 Å². The molecule has 1 aliphatic carbocycles. The van der Waals surface area contributed by atoms with Gasteiger partial charge in [0.2, 0.25) is 0 Å². The predicted molar refractivity (Wildman–Crippen MR) is 71.1 cm³/mol. The number of hydrogen-bond donors (Lipinski definition) is 3. The molecule has 0 spiro atoms. The fraction of sp³-hybridized carbons (Fsp3) is 0.364. The number of hydrogen-bond acceptors (Lipinski definition) is 3. The third-order valence-corrected chi connectivity index (χ3v) is 3.71. The maximum atomic E-state index is 12.1. The van der Waals surface area contributed by atoms with Crippen LogP contribution >= 0.6 is 23.8 Å². The molecule has 1 unspecified atom stereocenters. The minimum absolute atomic E-state index is 0.134. The number of aromatic nitrogens is 2. The van der Waals surface area contributed by atoms with E-state index in [-0.39, 0.29) is 11.8 Å². The van der Waals surface area contributed by atoms with Crippen molar-refractivity contribution in [2.45, 2.75) is 25.3 Å². The Balaban J connectivity index is 2.10. The van der Waals surface area contributed by atoms with Crippen LogP contribution in [0.5, 0.6) is 0 Å². The molecule has 0 amide bonds. The normalized spacial score (nSPS) is 23.5. The lowest BCUT2D eigenvalue weighted by Crippen LogP contribution is -2.46. The van der Waals surface area contributed by atoms with E-state index in [4.69, 9.17) is 23.8 Å². The number of aromatic amines is 1. The topological polar surface area (TPSA) is 69.8 Å². The Bertz CT molecular complexity index is 565. The SMILES string of the molecule is O=C1CCCC2=C1C(c1[nH]ncc1Cl)NC(=S)N2. The van der Waals surface area contributed by atoms with Gasteiger partial charge in [-0.15, -0.1) is 0 Å². The number of rotatable bonds is 1. The summed E-state index contributed by atoms with van der Waals surface area (Å²) in [5.41, 5.74) is 2.31. The minimum Gasteiger partial charge on any atom is -0.350 e. The van der Waals surface area contributed by atoms with Gasteiger partial charge in [0.1, 0.15) is 6.04 Å². The molecular formula is C11H11ClN4OS. The molecule has 0 aromatic carbocycles. The quantitative estimate of drug-likeness (QED) is 0.683. The van der Waals surface area contributed by atoms with Crippen LogP contribution in [0.2, 0.25) is 5.02 Å². The molecule has 0 bridgehead atoms. The monoisotopic (exact) mass is 282 g/mol. The first kappa shape index (κ1) is 11.7. The van der Waals surface area contributed by atoms with Crippen molar-refractivity contribution in [1.82, 2.24) is 20.8 Å². The van der Waals surface area contributed by atoms with Crippen molar-refractivity contribution in [2.75, 3.05) is 0 Å². The zero-order chi connectivity index (χ0) is 12.7. The van der Waals surface area contributed by atoms with Crippen molar-refractivity contribution >= 4 is 34.7 Å². The number of ketones is 1. The van der Waals surface area contributed by atoms with Gasteiger partial charge in [-0.3, -0.25) is 9.89 Å². The summed E-state index contributed by atoms with van der Waals surface area (Å²) in [7, 11) is 0. The molecule has 3 rings (SSSR count). The number of thiocarbonyl (C=S) groups is 1. The van der Waals surface area contributed by atoms with Gasteiger partial charge in [-0.25, -0.2) is 0 Å². The van der Waals surface area contributed by atoms with Gasteiger partial charge in [-0.2, -0.15) is 5.10 Å². The zero-order valence-corrected chi connectivity index (χ0v) is 11.0. The number of nitrogens with one attached hydrogen (secondary N) is 3. The summed E-state index contributed by atoms with van der Waals surface area (Å²) in [4.78, 5) is 12.1. The molecule has 3 N–H and O–H groups in total. The second kappa shape index (κ2) is 4.37. The maximum absolute atomic E-state index is 12.1. The molecule has 2 aliphatic rings. The Morgan fingerprint density at radius 1 is 1.44 bits per heavy atom. The van der Waals surface area contributed by atoms with Crippen molar-refractivity contribution in [1.29, 1.82) is 0 Å². The summed E-state index contributed by atoms with van der Waals surface area (Å²) < 4.78 is 0. The van der Waals surface area contributed by atoms with E-state index in [2.05, 4.69) is 20.8 Å². The maximum Gasteiger partial charge on any atom is 0.171 e. The van der Waals surface area contributed by atoms with E-state index in [1.54, 1.807) is 0 Å². The van der Waals surface area contributed by atoms with E-state index >= 15 is 0 Å². The van der Waals surface area contributed by atoms with Crippen molar-refractivity contribution in [2.24, 2.45) is 0 Å². The van der Waals surface area contributed by atoms with Crippen LogP contribution in [-0.2, 0) is 4.79 Å². The third kappa shape index (κ3) is 1.81. The van der Waals surface area contributed by atoms with E-state index in [0.717, 1.165) is 24.1 Å². The standard InChI is InChI=1S/C11H11ClN4OS/c12-5-4-13-16-9(5)10-8-6(14-11(18)15-10)2-1-3-7(8)17/h4,10H,1-3H2,(H,13,16)(H2,14,15,18). The first-order valence-corrected chi connectivity index (χ1v) is 6.48. The zero-order valence-electron chi connectivity index (χ0n) is 9.42. The van der Waals surface area contributed by atoms with Crippen molar-refractivity contribution in [3.63, 3.8) is 0 Å². The van der Waals surface area contributed by atoms with Gasteiger partial charge in [0, 0.05) is 17.7 Å². The summed E-state index contributed by atoms with van der Waals surface area (Å²) in [6.07, 6.45) is 3.79. The lowest BCUT2D eigenvalue weighted by Gasteiger charge is -2.33. The van der Waals surface area contributed by atoms with Crippen LogP contribution in [0, 0.1) is 0 Å². The first-order chi connectivity index (χ1) is 8.66. The molecule has 0 saturated carbocycles. The van der Waals surface area contributed by atoms with E-state index in [1.165, 1.54) is 6.20 Å². The largest absolute Gasteiger partial charge is 0.350 e. The van der Waals surface area contributed by atoms with Crippen LogP contribution < -0.4 is 10.6 Å². The van der Waals surface area contributed by atoms with Crippen LogP contribution in [-0.4, -0.2) is 21.1 Å². The molecule has 1 atom stereocenters. The Hall–Kier alpha value is -1.40. The second-order valence-electron chi connectivity index (χ2n) is 4.33. The number of Topliss-reactive ketones (excluding diaryl/α,β-unsaturated/α-hetero) is 1. The highest BCUT2D eigenvalue weighted by Gasteiger charge is 2.34. The summed E-state index contributed by atoms with van der Waals surface area (Å²) in [6, 6.07) is -0.323. The van der Waals surface area contributed by atoms with Crippen LogP contribution in [0.1, 0.15) is 31.0 Å². The average Bonchev–Trinajstić information content (AvgIpc) is 2.74. The number of H-pyrrole nitrogens is 1. The third-order valence-electron chi connectivity index (χ3n) is 3.19. The highest BCUT2D eigenvalue weighted by atomic mass is 35.5. The van der Waals surface area contributed by atoms with Gasteiger partial charge in [-0.05, 0) is 25.1 Å². The van der Waals surface area contributed by atoms with Gasteiger partial charge < -0.3 is 10.6 Å². The molecule has 0 radical (unpaired) electrons. The number of halogens is 1. The van der Waals surface area contributed by atoms with Gasteiger partial charge in [0.15, 0.2) is 10.9 Å². The molecule has 0 saturated heterocycles. The van der Waals surface area contributed by atoms with Crippen LogP contribution in [0.15, 0.2) is 17.5 Å². The lowest BCUT2D eigenvalue weighted by molar-refractivity contribution is -0.116. The van der Waals surface area contributed by atoms with E-state index in [1.807, 2.05) is 0 Å². The Kier molecular flexibility index (Phi) is 2.83. The molecule has 7 heteroatoms. The predicted octanol–water partition coefficient (Wildman–Crippen LogP) is 1.59. The van der Waals surface area contributed by atoms with Crippen molar-refractivity contribution in [3.8, 4) is 0 Å². The summed E-state index contributed by atoms with van der Waals surface area (Å²) in [5, 5.41) is 13.9. The lowest BCUT2D eigenvalue weighted by atomic mass is 9.87. The van der Waals surface area contributed by atoms with E-state index in [9.17, 15) is 4.79 Å². The molecule has 1 aromatic heterocycles. The molecule has 5 nitrogen and oxygen atoms in total. The molecule has 18 heavy (non-hydrogen) atoms. The number of nitrogens with zero attached hydrogens (tertiary/aromatic N) is 1. The van der Waals surface area contributed by atoms with E-state index in [0.29, 0.717) is 22.2 Å². The minimum atomic E-state index is -0.323. The Morgan fingerprint density at radius 2 is 2.28 bits per heavy atom. The van der Waals surface area contributed by atoms with Gasteiger partial charge in [0.25, 0.3) is 0 Å². The van der Waals surface area contributed by atoms with E-state index < -0.39 is 0 Å². The Morgan fingerprint density at radius 3 is 3.00 bits per heavy atom. The van der Waals surface area contributed by atoms with Crippen LogP contribution in [0.25, 0.3) is 0 Å². The van der Waals surface area contributed by atoms with Gasteiger partial charge in [-0.1, -0.05) is 11.6 Å². The fourth-order valence-corrected chi connectivity index (χ4v) is 2.85. The molecule has 0 fully saturated rings. The molecule has 2 heterocycles. The second-order valence-corrected chi connectivity index (χ2v) is 5.15. The molecule has 1 aromatic rings. The first-order valence-electron chi connectivity index (χ1n) is 5.69. The van der Waals surface area contributed by atoms with Crippen LogP contribution in [0.3, 0.4) is 0 Å². The van der Waals surface area contributed by atoms with Gasteiger partial charge >= 0.3 is 0 Å². The number of carbonyl (C=O) groups excluding carboxylic acids is 1. The fourth-order valence-electron chi connectivity index (χ4n) is 2.41. The average molecular weight is 283 g/mol.